The zero-order valence-electron chi connectivity index (χ0n) is 29.4. The average molecular weight is 855 g/mol. The number of benzene rings is 3. The molecule has 0 aliphatic carbocycles. The van der Waals surface area contributed by atoms with E-state index >= 15 is 8.78 Å². The van der Waals surface area contributed by atoms with Crippen LogP contribution in [0.5, 0.6) is 0 Å². The molecule has 4 heterocycles. The van der Waals surface area contributed by atoms with Gasteiger partial charge >= 0.3 is 11.6 Å². The molecular weight excluding hydrogens is 816 g/mol. The second-order valence-electron chi connectivity index (χ2n) is 13.2. The lowest BCUT2D eigenvalue weighted by Crippen LogP contribution is -2.50. The van der Waals surface area contributed by atoms with E-state index in [1.54, 1.807) is 6.92 Å². The molecular formula is C37H38F3IN10O3. The molecule has 3 atom stereocenters. The SMILES string of the molecule is CC[C@@H]([C@H](C)O)n1ncn(-c2ccc(N3CCN(c4ccc(-c5ccc(C(F)(F)C(O)(CN6N=NN=I6)c6ccccc6F)nc5)cc4)CC3)cc2)c1=O. The van der Waals surface area contributed by atoms with Gasteiger partial charge in [-0.1, -0.05) is 46.6 Å². The fraction of sp³-hybridized carbons (Fsp3) is 0.324. The zero-order chi connectivity index (χ0) is 38.0. The number of rotatable bonds is 12. The highest BCUT2D eigenvalue weighted by molar-refractivity contribution is 14.1. The molecule has 2 aliphatic heterocycles. The van der Waals surface area contributed by atoms with Gasteiger partial charge in [-0.05, 0) is 77.9 Å². The second kappa shape index (κ2) is 15.4. The third kappa shape index (κ3) is 7.14. The van der Waals surface area contributed by atoms with Crippen molar-refractivity contribution in [3.05, 3.63) is 125 Å². The van der Waals surface area contributed by atoms with Gasteiger partial charge in [-0.15, -0.1) is 0 Å². The van der Waals surface area contributed by atoms with Crippen molar-refractivity contribution in [1.82, 2.24) is 22.6 Å². The van der Waals surface area contributed by atoms with Crippen molar-refractivity contribution < 1.29 is 23.4 Å². The molecule has 17 heteroatoms. The summed E-state index contributed by atoms with van der Waals surface area (Å²) in [6, 6.07) is 22.7. The van der Waals surface area contributed by atoms with Crippen molar-refractivity contribution in [3.63, 3.8) is 0 Å². The lowest BCUT2D eigenvalue weighted by molar-refractivity contribution is -0.201. The summed E-state index contributed by atoms with van der Waals surface area (Å²) in [7, 11) is 0. The summed E-state index contributed by atoms with van der Waals surface area (Å²) < 4.78 is 54.9. The van der Waals surface area contributed by atoms with Crippen LogP contribution in [0.25, 0.3) is 16.8 Å². The molecule has 0 amide bonds. The molecule has 0 spiro atoms. The van der Waals surface area contributed by atoms with E-state index in [4.69, 9.17) is 0 Å². The highest BCUT2D eigenvalue weighted by Crippen LogP contribution is 2.47. The normalized spacial score (nSPS) is 17.0. The third-order valence-electron chi connectivity index (χ3n) is 9.90. The first-order valence-corrected chi connectivity index (χ1v) is 19.3. The first-order chi connectivity index (χ1) is 26.0. The molecule has 2 aliphatic rings. The van der Waals surface area contributed by atoms with Gasteiger partial charge in [0.2, 0.25) is 0 Å². The summed E-state index contributed by atoms with van der Waals surface area (Å²) in [6.45, 7) is 5.95. The third-order valence-corrected chi connectivity index (χ3v) is 11.3. The van der Waals surface area contributed by atoms with Crippen molar-refractivity contribution >= 4 is 32.7 Å². The van der Waals surface area contributed by atoms with Crippen LogP contribution in [0.15, 0.2) is 116 Å². The molecule has 54 heavy (non-hydrogen) atoms. The second-order valence-corrected chi connectivity index (χ2v) is 15.1. The number of nitrogens with zero attached hydrogens (tertiary/aromatic N) is 10. The van der Waals surface area contributed by atoms with Gasteiger partial charge in [0.25, 0.3) is 0 Å². The molecule has 13 nitrogen and oxygen atoms in total. The van der Waals surface area contributed by atoms with E-state index in [0.29, 0.717) is 17.7 Å². The number of alkyl halides is 2. The van der Waals surface area contributed by atoms with E-state index in [1.807, 2.05) is 55.5 Å². The Labute approximate surface area is 319 Å². The molecule has 0 radical (unpaired) electrons. The van der Waals surface area contributed by atoms with Crippen LogP contribution >= 0.6 is 21.3 Å². The highest BCUT2D eigenvalue weighted by Gasteiger charge is 2.58. The van der Waals surface area contributed by atoms with E-state index < -0.39 is 68.6 Å². The summed E-state index contributed by atoms with van der Waals surface area (Å²) in [5.41, 5.74) is -0.447. The van der Waals surface area contributed by atoms with Crippen molar-refractivity contribution in [2.45, 2.75) is 43.9 Å². The molecule has 7 rings (SSSR count). The first-order valence-electron chi connectivity index (χ1n) is 17.4. The number of hydrogen-bond acceptors (Lipinski definition) is 11. The van der Waals surface area contributed by atoms with Crippen LogP contribution in [-0.2, 0) is 11.5 Å². The molecule has 1 unspecified atom stereocenters. The Balaban J connectivity index is 0.996. The van der Waals surface area contributed by atoms with Crippen molar-refractivity contribution in [2.24, 2.45) is 13.7 Å². The largest absolute Gasteiger partial charge is 0.391 e. The number of aromatic nitrogens is 4. The van der Waals surface area contributed by atoms with Gasteiger partial charge in [-0.2, -0.15) is 13.9 Å². The van der Waals surface area contributed by atoms with Crippen LogP contribution in [0.1, 0.15) is 37.6 Å². The van der Waals surface area contributed by atoms with Gasteiger partial charge in [0.1, 0.15) is 17.8 Å². The molecule has 0 saturated carbocycles. The van der Waals surface area contributed by atoms with E-state index in [2.05, 4.69) is 33.6 Å². The number of aliphatic hydroxyl groups is 2. The Morgan fingerprint density at radius 2 is 1.48 bits per heavy atom. The highest BCUT2D eigenvalue weighted by atomic mass is 127. The molecule has 2 aromatic heterocycles. The molecule has 0 bridgehead atoms. The summed E-state index contributed by atoms with van der Waals surface area (Å²) in [5, 5.41) is 33.0. The minimum atomic E-state index is -3.99. The number of piperazine rings is 1. The van der Waals surface area contributed by atoms with Gasteiger partial charge in [0.05, 0.1) is 24.4 Å². The van der Waals surface area contributed by atoms with Crippen molar-refractivity contribution in [3.8, 4) is 16.8 Å². The topological polar surface area (TPSA) is 140 Å². The fourth-order valence-electron chi connectivity index (χ4n) is 6.84. The summed E-state index contributed by atoms with van der Waals surface area (Å²) in [4.78, 5) is 21.6. The smallest absolute Gasteiger partial charge is 0.350 e. The van der Waals surface area contributed by atoms with Crippen LogP contribution in [0.4, 0.5) is 24.5 Å². The average Bonchev–Trinajstić information content (AvgIpc) is 3.84. The van der Waals surface area contributed by atoms with Crippen LogP contribution in [0, 0.1) is 5.82 Å². The zero-order valence-corrected chi connectivity index (χ0v) is 31.6. The van der Waals surface area contributed by atoms with Crippen LogP contribution in [0.3, 0.4) is 0 Å². The molecule has 1 saturated heterocycles. The minimum absolute atomic E-state index is 0.296. The molecule has 3 aromatic carbocycles. The first kappa shape index (κ1) is 37.3. The van der Waals surface area contributed by atoms with E-state index in [-0.39, 0.29) is 5.69 Å². The van der Waals surface area contributed by atoms with Crippen molar-refractivity contribution in [1.29, 1.82) is 0 Å². The minimum Gasteiger partial charge on any atom is -0.391 e. The van der Waals surface area contributed by atoms with Gasteiger partial charge in [0, 0.05) is 54.9 Å². The fourth-order valence-corrected chi connectivity index (χ4v) is 8.05. The summed E-state index contributed by atoms with van der Waals surface area (Å²) >= 11 is -1.21. The molecule has 282 valence electrons. The number of halogens is 4. The lowest BCUT2D eigenvalue weighted by atomic mass is 9.84. The molecule has 1 fully saturated rings. The Kier molecular flexibility index (Phi) is 10.6. The standard InChI is InChI=1S/C37H38F3IN10O3/c1-3-33(25(2)52)51-35(53)49(24-43-51)30-15-13-29(14-16-30)48-20-18-47(19-21-48)28-11-8-26(9-12-28)27-10-17-34(42-22-27)37(39,40)36(54,23-50-41-44-45-46-50)31-6-4-5-7-32(31)38/h4-17,22,24-25,33,52,54H,3,18-21,23H2,1-2H3/t25-,33-,36?/m0/s1. The molecule has 2 N–H and O–H groups in total. The van der Waals surface area contributed by atoms with E-state index in [0.717, 1.165) is 64.5 Å². The van der Waals surface area contributed by atoms with Crippen LogP contribution in [0.2, 0.25) is 0 Å². The maximum absolute atomic E-state index is 16.2. The molecule has 5 aromatic rings. The quantitative estimate of drug-likeness (QED) is 0.107. The Bertz CT molecular complexity index is 2180. The Morgan fingerprint density at radius 1 is 0.870 bits per heavy atom. The van der Waals surface area contributed by atoms with Gasteiger partial charge in [0.15, 0.2) is 26.9 Å². The van der Waals surface area contributed by atoms with E-state index in [9.17, 15) is 19.4 Å². The number of β-amino-alcohol motifs (C(OH)–C–C–N with tert-alkyl or cyclic N) is 1. The van der Waals surface area contributed by atoms with Gasteiger partial charge in [-0.3, -0.25) is 4.98 Å². The predicted octanol–water partition coefficient (Wildman–Crippen LogP) is 6.54. The number of aliphatic hydroxyl groups excluding tert-OH is 1. The van der Waals surface area contributed by atoms with Gasteiger partial charge in [-0.25, -0.2) is 21.7 Å². The Hall–Kier alpha value is -5.01. The lowest BCUT2D eigenvalue weighted by Gasteiger charge is -2.37. The van der Waals surface area contributed by atoms with Crippen LogP contribution < -0.4 is 15.5 Å². The predicted molar refractivity (Wildman–Crippen MR) is 205 cm³/mol. The Morgan fingerprint density at radius 3 is 2.04 bits per heavy atom. The maximum atomic E-state index is 16.2. The monoisotopic (exact) mass is 854 g/mol. The van der Waals surface area contributed by atoms with E-state index in [1.165, 1.54) is 40.0 Å². The number of anilines is 2. The number of pyridine rings is 1. The summed E-state index contributed by atoms with van der Waals surface area (Å²) in [6.07, 6.45) is 2.69. The maximum Gasteiger partial charge on any atom is 0.350 e. The number of hydrogen-bond donors (Lipinski definition) is 2. The van der Waals surface area contributed by atoms with Gasteiger partial charge < -0.3 is 20.0 Å². The summed E-state index contributed by atoms with van der Waals surface area (Å²) in [5.74, 6) is -4.97. The van der Waals surface area contributed by atoms with Crippen LogP contribution in [-0.4, -0.2) is 71.6 Å². The van der Waals surface area contributed by atoms with Crippen molar-refractivity contribution in [2.75, 3.05) is 42.5 Å².